The highest BCUT2D eigenvalue weighted by Gasteiger charge is 2.25. The first-order chi connectivity index (χ1) is 14.9. The Morgan fingerprint density at radius 2 is 1.58 bits per heavy atom. The van der Waals surface area contributed by atoms with Crippen molar-refractivity contribution in [3.8, 4) is 17.2 Å². The van der Waals surface area contributed by atoms with Crippen LogP contribution in [-0.4, -0.2) is 50.6 Å². The SMILES string of the molecule is CCNC(=O)[C@@H](C)N(Cc1ccc(OC)cc1)C(=O)CCc1ccc(OC)c(OC)c1. The van der Waals surface area contributed by atoms with Crippen LogP contribution in [0.5, 0.6) is 17.2 Å². The maximum atomic E-state index is 13.1. The van der Waals surface area contributed by atoms with Crippen molar-refractivity contribution >= 4 is 11.8 Å². The van der Waals surface area contributed by atoms with Crippen LogP contribution in [0.25, 0.3) is 0 Å². The molecule has 2 rings (SSSR count). The molecule has 2 aromatic rings. The third kappa shape index (κ3) is 6.64. The number of benzene rings is 2. The molecule has 0 saturated heterocycles. The van der Waals surface area contributed by atoms with Gasteiger partial charge in [-0.25, -0.2) is 0 Å². The van der Waals surface area contributed by atoms with Gasteiger partial charge in [0, 0.05) is 19.5 Å². The highest BCUT2D eigenvalue weighted by molar-refractivity contribution is 5.87. The van der Waals surface area contributed by atoms with E-state index in [0.717, 1.165) is 16.9 Å². The molecule has 1 atom stereocenters. The van der Waals surface area contributed by atoms with Crippen molar-refractivity contribution in [2.24, 2.45) is 0 Å². The second kappa shape index (κ2) is 11.8. The van der Waals surface area contributed by atoms with Gasteiger partial charge in [0.05, 0.1) is 21.3 Å². The second-order valence-electron chi connectivity index (χ2n) is 7.13. The first-order valence-corrected chi connectivity index (χ1v) is 10.3. The van der Waals surface area contributed by atoms with Gasteiger partial charge in [-0.2, -0.15) is 0 Å². The number of aryl methyl sites for hydroxylation is 1. The molecule has 0 radical (unpaired) electrons. The number of carbonyl (C=O) groups excluding carboxylic acids is 2. The molecule has 2 aromatic carbocycles. The van der Waals surface area contributed by atoms with E-state index < -0.39 is 6.04 Å². The molecule has 1 N–H and O–H groups in total. The summed E-state index contributed by atoms with van der Waals surface area (Å²) in [5.74, 6) is 1.74. The molecule has 0 aliphatic rings. The number of methoxy groups -OCH3 is 3. The van der Waals surface area contributed by atoms with E-state index in [1.807, 2.05) is 49.4 Å². The van der Waals surface area contributed by atoms with Gasteiger partial charge in [-0.15, -0.1) is 0 Å². The van der Waals surface area contributed by atoms with E-state index in [2.05, 4.69) is 5.32 Å². The summed E-state index contributed by atoms with van der Waals surface area (Å²) >= 11 is 0. The average molecular weight is 429 g/mol. The van der Waals surface area contributed by atoms with Crippen LogP contribution in [0, 0.1) is 0 Å². The van der Waals surface area contributed by atoms with E-state index >= 15 is 0 Å². The summed E-state index contributed by atoms with van der Waals surface area (Å²) in [6, 6.07) is 12.5. The van der Waals surface area contributed by atoms with Crippen molar-refractivity contribution in [2.75, 3.05) is 27.9 Å². The predicted molar refractivity (Wildman–Crippen MR) is 120 cm³/mol. The van der Waals surface area contributed by atoms with Gasteiger partial charge in [-0.3, -0.25) is 9.59 Å². The molecule has 7 heteroatoms. The highest BCUT2D eigenvalue weighted by atomic mass is 16.5. The molecular formula is C24H32N2O5. The van der Waals surface area contributed by atoms with Crippen molar-refractivity contribution in [1.82, 2.24) is 10.2 Å². The van der Waals surface area contributed by atoms with Crippen molar-refractivity contribution in [2.45, 2.75) is 39.3 Å². The molecule has 31 heavy (non-hydrogen) atoms. The molecule has 7 nitrogen and oxygen atoms in total. The maximum Gasteiger partial charge on any atom is 0.242 e. The van der Waals surface area contributed by atoms with E-state index in [4.69, 9.17) is 14.2 Å². The van der Waals surface area contributed by atoms with Gasteiger partial charge in [0.2, 0.25) is 11.8 Å². The molecular weight excluding hydrogens is 396 g/mol. The van der Waals surface area contributed by atoms with Gasteiger partial charge in [-0.1, -0.05) is 18.2 Å². The summed E-state index contributed by atoms with van der Waals surface area (Å²) in [4.78, 5) is 27.2. The standard InChI is InChI=1S/C24H32N2O5/c1-6-25-24(28)17(2)26(16-19-7-11-20(29-3)12-8-19)23(27)14-10-18-9-13-21(30-4)22(15-18)31-5/h7-9,11-13,15,17H,6,10,14,16H2,1-5H3,(H,25,28)/t17-/m1/s1. The van der Waals surface area contributed by atoms with Crippen LogP contribution in [0.2, 0.25) is 0 Å². The fourth-order valence-electron chi connectivity index (χ4n) is 3.26. The van der Waals surface area contributed by atoms with Gasteiger partial charge in [0.1, 0.15) is 11.8 Å². The van der Waals surface area contributed by atoms with Gasteiger partial charge >= 0.3 is 0 Å². The van der Waals surface area contributed by atoms with E-state index in [0.29, 0.717) is 31.0 Å². The second-order valence-corrected chi connectivity index (χ2v) is 7.13. The molecule has 0 unspecified atom stereocenters. The third-order valence-corrected chi connectivity index (χ3v) is 5.11. The lowest BCUT2D eigenvalue weighted by atomic mass is 10.1. The summed E-state index contributed by atoms with van der Waals surface area (Å²) in [6.45, 7) is 4.46. The Kier molecular flexibility index (Phi) is 9.18. The number of ether oxygens (including phenoxy) is 3. The van der Waals surface area contributed by atoms with Crippen LogP contribution < -0.4 is 19.5 Å². The predicted octanol–water partition coefficient (Wildman–Crippen LogP) is 3.20. The third-order valence-electron chi connectivity index (χ3n) is 5.11. The largest absolute Gasteiger partial charge is 0.497 e. The Hall–Kier alpha value is -3.22. The molecule has 0 fully saturated rings. The first kappa shape index (κ1) is 24.1. The Morgan fingerprint density at radius 3 is 2.16 bits per heavy atom. The normalized spacial score (nSPS) is 11.4. The van der Waals surface area contributed by atoms with Crippen LogP contribution in [0.1, 0.15) is 31.4 Å². The smallest absolute Gasteiger partial charge is 0.242 e. The van der Waals surface area contributed by atoms with Crippen molar-refractivity contribution in [3.05, 3.63) is 53.6 Å². The summed E-state index contributed by atoms with van der Waals surface area (Å²) in [6.07, 6.45) is 0.801. The molecule has 2 amide bonds. The molecule has 0 aromatic heterocycles. The quantitative estimate of drug-likeness (QED) is 0.595. The fourth-order valence-corrected chi connectivity index (χ4v) is 3.26. The Morgan fingerprint density at radius 1 is 0.935 bits per heavy atom. The zero-order valence-electron chi connectivity index (χ0n) is 18.9. The lowest BCUT2D eigenvalue weighted by Crippen LogP contribution is -2.47. The number of amides is 2. The molecule has 0 bridgehead atoms. The number of rotatable bonds is 11. The van der Waals surface area contributed by atoms with Crippen LogP contribution in [0.4, 0.5) is 0 Å². The first-order valence-electron chi connectivity index (χ1n) is 10.3. The zero-order valence-corrected chi connectivity index (χ0v) is 18.9. The minimum atomic E-state index is -0.583. The molecule has 0 aliphatic heterocycles. The summed E-state index contributed by atoms with van der Waals surface area (Å²) in [5, 5.41) is 2.80. The van der Waals surface area contributed by atoms with Crippen LogP contribution in [0.3, 0.4) is 0 Å². The van der Waals surface area contributed by atoms with Gasteiger partial charge < -0.3 is 24.4 Å². The van der Waals surface area contributed by atoms with E-state index in [-0.39, 0.29) is 18.2 Å². The number of hydrogen-bond donors (Lipinski definition) is 1. The number of nitrogens with zero attached hydrogens (tertiary/aromatic N) is 1. The minimum Gasteiger partial charge on any atom is -0.497 e. The van der Waals surface area contributed by atoms with Crippen LogP contribution in [0.15, 0.2) is 42.5 Å². The Labute approximate surface area is 184 Å². The van der Waals surface area contributed by atoms with Crippen molar-refractivity contribution in [1.29, 1.82) is 0 Å². The van der Waals surface area contributed by atoms with Crippen LogP contribution in [-0.2, 0) is 22.6 Å². The zero-order chi connectivity index (χ0) is 22.8. The maximum absolute atomic E-state index is 13.1. The summed E-state index contributed by atoms with van der Waals surface area (Å²) in [5.41, 5.74) is 1.89. The van der Waals surface area contributed by atoms with E-state index in [9.17, 15) is 9.59 Å². The van der Waals surface area contributed by atoms with Crippen molar-refractivity contribution in [3.63, 3.8) is 0 Å². The van der Waals surface area contributed by atoms with Crippen molar-refractivity contribution < 1.29 is 23.8 Å². The molecule has 0 aliphatic carbocycles. The Bertz CT molecular complexity index is 867. The molecule has 0 saturated carbocycles. The topological polar surface area (TPSA) is 77.1 Å². The number of carbonyl (C=O) groups is 2. The molecule has 168 valence electrons. The molecule has 0 heterocycles. The van der Waals surface area contributed by atoms with Crippen LogP contribution >= 0.6 is 0 Å². The fraction of sp³-hybridized carbons (Fsp3) is 0.417. The number of likely N-dealkylation sites (N-methyl/N-ethyl adjacent to an activating group) is 1. The Balaban J connectivity index is 2.15. The monoisotopic (exact) mass is 428 g/mol. The van der Waals surface area contributed by atoms with Gasteiger partial charge in [0.25, 0.3) is 0 Å². The van der Waals surface area contributed by atoms with Gasteiger partial charge in [-0.05, 0) is 55.7 Å². The minimum absolute atomic E-state index is 0.0932. The van der Waals surface area contributed by atoms with E-state index in [1.54, 1.807) is 33.2 Å². The van der Waals surface area contributed by atoms with E-state index in [1.165, 1.54) is 0 Å². The average Bonchev–Trinajstić information content (AvgIpc) is 2.80. The highest BCUT2D eigenvalue weighted by Crippen LogP contribution is 2.28. The lowest BCUT2D eigenvalue weighted by molar-refractivity contribution is -0.140. The summed E-state index contributed by atoms with van der Waals surface area (Å²) in [7, 11) is 4.77. The lowest BCUT2D eigenvalue weighted by Gasteiger charge is -2.29. The number of nitrogens with one attached hydrogen (secondary N) is 1. The summed E-state index contributed by atoms with van der Waals surface area (Å²) < 4.78 is 15.8. The van der Waals surface area contributed by atoms with Gasteiger partial charge in [0.15, 0.2) is 11.5 Å². The molecule has 0 spiro atoms. The number of hydrogen-bond acceptors (Lipinski definition) is 5.